The van der Waals surface area contributed by atoms with E-state index in [-0.39, 0.29) is 4.90 Å². The first kappa shape index (κ1) is 21.6. The first-order chi connectivity index (χ1) is 14.3. The number of piperazine rings is 1. The van der Waals surface area contributed by atoms with Crippen molar-refractivity contribution in [3.63, 3.8) is 0 Å². The SMILES string of the molecule is Cc1cccc(C)c1-c1csc(N2CCN(S(=O)(=O)c3cc(Cl)cc(Cl)c3)CC2)n1. The van der Waals surface area contributed by atoms with Gasteiger partial charge in [0.05, 0.1) is 10.6 Å². The minimum atomic E-state index is -3.64. The minimum Gasteiger partial charge on any atom is -0.345 e. The fraction of sp³-hybridized carbons (Fsp3) is 0.286. The van der Waals surface area contributed by atoms with Gasteiger partial charge in [0.1, 0.15) is 0 Å². The van der Waals surface area contributed by atoms with Crippen LogP contribution in [0.3, 0.4) is 0 Å². The Bertz CT molecular complexity index is 1150. The number of hydrogen-bond acceptors (Lipinski definition) is 5. The zero-order chi connectivity index (χ0) is 21.5. The highest BCUT2D eigenvalue weighted by Gasteiger charge is 2.30. The molecule has 0 amide bonds. The summed E-state index contributed by atoms with van der Waals surface area (Å²) in [5.41, 5.74) is 4.53. The Labute approximate surface area is 190 Å². The first-order valence-corrected chi connectivity index (χ1v) is 12.6. The molecular weight excluding hydrogens is 461 g/mol. The molecule has 1 fully saturated rings. The van der Waals surface area contributed by atoms with Crippen LogP contribution in [0.25, 0.3) is 11.3 Å². The van der Waals surface area contributed by atoms with Crippen LogP contribution in [0.4, 0.5) is 5.13 Å². The van der Waals surface area contributed by atoms with Crippen molar-refractivity contribution < 1.29 is 8.42 Å². The van der Waals surface area contributed by atoms with Crippen LogP contribution in [0.1, 0.15) is 11.1 Å². The van der Waals surface area contributed by atoms with Gasteiger partial charge >= 0.3 is 0 Å². The number of hydrogen-bond donors (Lipinski definition) is 0. The zero-order valence-corrected chi connectivity index (χ0v) is 19.7. The molecular formula is C21H21Cl2N3O2S2. The molecule has 158 valence electrons. The molecule has 0 saturated carbocycles. The fourth-order valence-corrected chi connectivity index (χ4v) is 6.71. The van der Waals surface area contributed by atoms with Gasteiger partial charge in [-0.1, -0.05) is 41.4 Å². The molecule has 2 heterocycles. The number of rotatable bonds is 4. The molecule has 0 aliphatic carbocycles. The number of nitrogens with zero attached hydrogens (tertiary/aromatic N) is 3. The third-order valence-corrected chi connectivity index (χ3v) is 8.43. The van der Waals surface area contributed by atoms with Gasteiger partial charge in [-0.15, -0.1) is 11.3 Å². The summed E-state index contributed by atoms with van der Waals surface area (Å²) in [6.07, 6.45) is 0. The number of aromatic nitrogens is 1. The van der Waals surface area contributed by atoms with Gasteiger partial charge in [0.25, 0.3) is 0 Å². The molecule has 30 heavy (non-hydrogen) atoms. The van der Waals surface area contributed by atoms with E-state index in [4.69, 9.17) is 28.2 Å². The summed E-state index contributed by atoms with van der Waals surface area (Å²) in [4.78, 5) is 7.10. The van der Waals surface area contributed by atoms with E-state index < -0.39 is 10.0 Å². The van der Waals surface area contributed by atoms with Gasteiger partial charge in [-0.3, -0.25) is 0 Å². The molecule has 0 spiro atoms. The summed E-state index contributed by atoms with van der Waals surface area (Å²) < 4.78 is 27.4. The Kier molecular flexibility index (Phi) is 6.10. The molecule has 0 unspecified atom stereocenters. The summed E-state index contributed by atoms with van der Waals surface area (Å²) in [6.45, 7) is 6.09. The number of sulfonamides is 1. The van der Waals surface area contributed by atoms with Crippen molar-refractivity contribution >= 4 is 49.7 Å². The monoisotopic (exact) mass is 481 g/mol. The maximum Gasteiger partial charge on any atom is 0.243 e. The average molecular weight is 482 g/mol. The van der Waals surface area contributed by atoms with Gasteiger partial charge in [-0.25, -0.2) is 13.4 Å². The first-order valence-electron chi connectivity index (χ1n) is 9.49. The van der Waals surface area contributed by atoms with Crippen molar-refractivity contribution in [3.8, 4) is 11.3 Å². The molecule has 1 aliphatic heterocycles. The smallest absolute Gasteiger partial charge is 0.243 e. The average Bonchev–Trinajstić information content (AvgIpc) is 3.17. The molecule has 1 saturated heterocycles. The van der Waals surface area contributed by atoms with E-state index in [1.807, 2.05) is 6.07 Å². The van der Waals surface area contributed by atoms with Gasteiger partial charge in [-0.2, -0.15) is 4.31 Å². The second kappa shape index (κ2) is 8.48. The summed E-state index contributed by atoms with van der Waals surface area (Å²) in [5, 5.41) is 3.60. The zero-order valence-electron chi connectivity index (χ0n) is 16.6. The van der Waals surface area contributed by atoms with E-state index in [1.54, 1.807) is 11.3 Å². The maximum atomic E-state index is 13.0. The lowest BCUT2D eigenvalue weighted by Crippen LogP contribution is -2.48. The van der Waals surface area contributed by atoms with Crippen molar-refractivity contribution in [2.75, 3.05) is 31.1 Å². The molecule has 1 aromatic heterocycles. The molecule has 5 nitrogen and oxygen atoms in total. The van der Waals surface area contributed by atoms with Crippen LogP contribution < -0.4 is 4.90 Å². The Morgan fingerprint density at radius 3 is 2.17 bits per heavy atom. The molecule has 0 atom stereocenters. The second-order valence-electron chi connectivity index (χ2n) is 7.28. The predicted octanol–water partition coefficient (Wildman–Crippen LogP) is 5.24. The van der Waals surface area contributed by atoms with E-state index in [1.165, 1.54) is 39.2 Å². The van der Waals surface area contributed by atoms with Crippen LogP contribution in [0.15, 0.2) is 46.7 Å². The third kappa shape index (κ3) is 4.22. The molecule has 0 bridgehead atoms. The number of benzene rings is 2. The summed E-state index contributed by atoms with van der Waals surface area (Å²) in [6, 6.07) is 10.6. The Balaban J connectivity index is 1.50. The van der Waals surface area contributed by atoms with Crippen LogP contribution in [-0.2, 0) is 10.0 Å². The Morgan fingerprint density at radius 2 is 1.57 bits per heavy atom. The standard InChI is InChI=1S/C21H21Cl2N3O2S2/c1-14-4-3-5-15(2)20(14)19-13-29-21(24-19)25-6-8-26(9-7-25)30(27,28)18-11-16(22)10-17(23)12-18/h3-5,10-13H,6-9H2,1-2H3. The molecule has 0 radical (unpaired) electrons. The molecule has 1 aliphatic rings. The molecule has 0 N–H and O–H groups in total. The maximum absolute atomic E-state index is 13.0. The summed E-state index contributed by atoms with van der Waals surface area (Å²) in [5.74, 6) is 0. The summed E-state index contributed by atoms with van der Waals surface area (Å²) in [7, 11) is -3.64. The van der Waals surface area contributed by atoms with E-state index in [0.717, 1.165) is 10.8 Å². The highest BCUT2D eigenvalue weighted by Crippen LogP contribution is 2.32. The number of anilines is 1. The largest absolute Gasteiger partial charge is 0.345 e. The number of halogens is 2. The van der Waals surface area contributed by atoms with Gasteiger partial charge in [0.15, 0.2) is 5.13 Å². The molecule has 2 aromatic carbocycles. The van der Waals surface area contributed by atoms with E-state index in [2.05, 4.69) is 36.3 Å². The lowest BCUT2D eigenvalue weighted by atomic mass is 10.0. The van der Waals surface area contributed by atoms with Crippen LogP contribution >= 0.6 is 34.5 Å². The fourth-order valence-electron chi connectivity index (χ4n) is 3.69. The second-order valence-corrected chi connectivity index (χ2v) is 10.9. The van der Waals surface area contributed by atoms with Crippen molar-refractivity contribution in [2.45, 2.75) is 18.7 Å². The van der Waals surface area contributed by atoms with Gasteiger partial charge < -0.3 is 4.90 Å². The van der Waals surface area contributed by atoms with Crippen molar-refractivity contribution in [3.05, 3.63) is 63.0 Å². The van der Waals surface area contributed by atoms with Crippen LogP contribution in [0.5, 0.6) is 0 Å². The van der Waals surface area contributed by atoms with Crippen LogP contribution in [-0.4, -0.2) is 43.9 Å². The Hall–Kier alpha value is -1.64. The summed E-state index contributed by atoms with van der Waals surface area (Å²) >= 11 is 13.6. The van der Waals surface area contributed by atoms with Gasteiger partial charge in [0, 0.05) is 47.2 Å². The lowest BCUT2D eigenvalue weighted by molar-refractivity contribution is 0.385. The van der Waals surface area contributed by atoms with Crippen molar-refractivity contribution in [1.82, 2.24) is 9.29 Å². The van der Waals surface area contributed by atoms with Gasteiger partial charge in [0.2, 0.25) is 10.0 Å². The topological polar surface area (TPSA) is 53.5 Å². The van der Waals surface area contributed by atoms with Crippen LogP contribution in [0, 0.1) is 13.8 Å². The van der Waals surface area contributed by atoms with Crippen LogP contribution in [0.2, 0.25) is 10.0 Å². The normalized spacial score (nSPS) is 15.5. The highest BCUT2D eigenvalue weighted by molar-refractivity contribution is 7.89. The Morgan fingerprint density at radius 1 is 0.967 bits per heavy atom. The molecule has 9 heteroatoms. The van der Waals surface area contributed by atoms with Crippen molar-refractivity contribution in [1.29, 1.82) is 0 Å². The van der Waals surface area contributed by atoms with Crippen molar-refractivity contribution in [2.24, 2.45) is 0 Å². The van der Waals surface area contributed by atoms with E-state index >= 15 is 0 Å². The highest BCUT2D eigenvalue weighted by atomic mass is 35.5. The molecule has 3 aromatic rings. The minimum absolute atomic E-state index is 0.125. The van der Waals surface area contributed by atoms with E-state index in [0.29, 0.717) is 36.2 Å². The van der Waals surface area contributed by atoms with Gasteiger partial charge in [-0.05, 0) is 43.2 Å². The molecule has 4 rings (SSSR count). The third-order valence-electron chi connectivity index (χ3n) is 5.21. The van der Waals surface area contributed by atoms with E-state index in [9.17, 15) is 8.42 Å². The quantitative estimate of drug-likeness (QED) is 0.510. The number of thiazole rings is 1. The lowest BCUT2D eigenvalue weighted by Gasteiger charge is -2.33. The number of aryl methyl sites for hydroxylation is 2. The predicted molar refractivity (Wildman–Crippen MR) is 124 cm³/mol.